The van der Waals surface area contributed by atoms with E-state index in [0.29, 0.717) is 26.4 Å². The molecular weight excluding hydrogens is 427 g/mol. The molecule has 8 heteroatoms. The van der Waals surface area contributed by atoms with Crippen molar-refractivity contribution in [2.24, 2.45) is 5.10 Å². The van der Waals surface area contributed by atoms with E-state index in [9.17, 15) is 4.79 Å². The molecule has 1 N–H and O–H groups in total. The van der Waals surface area contributed by atoms with Crippen molar-refractivity contribution in [1.29, 1.82) is 0 Å². The maximum Gasteiger partial charge on any atom is 0.244 e. The third-order valence-corrected chi connectivity index (χ3v) is 5.01. The minimum absolute atomic E-state index is 0.0449. The predicted molar refractivity (Wildman–Crippen MR) is 115 cm³/mol. The van der Waals surface area contributed by atoms with E-state index in [-0.39, 0.29) is 18.4 Å². The number of hydrogen-bond donors (Lipinski definition) is 1. The molecule has 0 aromatic heterocycles. The molecule has 2 rings (SSSR count). The second kappa shape index (κ2) is 10.2. The van der Waals surface area contributed by atoms with Gasteiger partial charge in [0.05, 0.1) is 28.8 Å². The van der Waals surface area contributed by atoms with Crippen LogP contribution in [0, 0.1) is 0 Å². The van der Waals surface area contributed by atoms with Crippen LogP contribution in [0.25, 0.3) is 0 Å². The summed E-state index contributed by atoms with van der Waals surface area (Å²) in [6, 6.07) is 8.81. The Morgan fingerprint density at radius 1 is 1.22 bits per heavy atom. The van der Waals surface area contributed by atoms with Gasteiger partial charge in [0, 0.05) is 9.92 Å². The highest BCUT2D eigenvalue weighted by molar-refractivity contribution is 7.98. The molecule has 0 aliphatic heterocycles. The number of hydrazone groups is 1. The van der Waals surface area contributed by atoms with Gasteiger partial charge in [0.15, 0.2) is 5.75 Å². The van der Waals surface area contributed by atoms with Crippen LogP contribution in [0.5, 0.6) is 5.75 Å². The van der Waals surface area contributed by atoms with Gasteiger partial charge < -0.3 is 4.74 Å². The summed E-state index contributed by atoms with van der Waals surface area (Å²) in [6.07, 6.45) is 3.55. The van der Waals surface area contributed by atoms with E-state index in [1.165, 1.54) is 6.21 Å². The summed E-state index contributed by atoms with van der Waals surface area (Å²) in [7, 11) is 0. The first-order valence-corrected chi connectivity index (χ1v) is 10.5. The summed E-state index contributed by atoms with van der Waals surface area (Å²) in [4.78, 5) is 13.1. The van der Waals surface area contributed by atoms with E-state index < -0.39 is 0 Å². The molecule has 0 bridgehead atoms. The molecule has 0 saturated heterocycles. The Labute approximate surface area is 178 Å². The van der Waals surface area contributed by atoms with E-state index in [4.69, 9.17) is 39.5 Å². The summed E-state index contributed by atoms with van der Waals surface area (Å²) in [5, 5.41) is 5.32. The minimum Gasteiger partial charge on any atom is -0.488 e. The monoisotopic (exact) mass is 444 g/mol. The van der Waals surface area contributed by atoms with Gasteiger partial charge in [0.2, 0.25) is 5.91 Å². The number of benzene rings is 2. The van der Waals surface area contributed by atoms with Crippen molar-refractivity contribution in [3.05, 3.63) is 56.5 Å². The number of ether oxygens (including phenoxy) is 1. The summed E-state index contributed by atoms with van der Waals surface area (Å²) in [5.74, 6) is 0.181. The number of carbonyl (C=O) groups excluding carboxylic acids is 1. The zero-order chi connectivity index (χ0) is 20.0. The number of halogens is 3. The van der Waals surface area contributed by atoms with Crippen molar-refractivity contribution >= 4 is 58.7 Å². The van der Waals surface area contributed by atoms with E-state index in [1.807, 2.05) is 26.2 Å². The summed E-state index contributed by atoms with van der Waals surface area (Å²) in [5.41, 5.74) is 3.99. The van der Waals surface area contributed by atoms with Gasteiger partial charge in [-0.3, -0.25) is 4.79 Å². The molecule has 4 nitrogen and oxygen atoms in total. The van der Waals surface area contributed by atoms with Crippen LogP contribution in [-0.4, -0.2) is 24.5 Å². The Hall–Kier alpha value is -1.40. The number of carbonyl (C=O) groups is 1. The van der Waals surface area contributed by atoms with Crippen molar-refractivity contribution in [1.82, 2.24) is 5.43 Å². The first-order valence-electron chi connectivity index (χ1n) is 8.10. The van der Waals surface area contributed by atoms with Crippen LogP contribution in [0.15, 0.2) is 40.3 Å². The maximum absolute atomic E-state index is 12.1. The topological polar surface area (TPSA) is 50.7 Å². The quantitative estimate of drug-likeness (QED) is 0.330. The summed E-state index contributed by atoms with van der Waals surface area (Å²) < 4.78 is 5.58. The van der Waals surface area contributed by atoms with Gasteiger partial charge in [-0.05, 0) is 61.6 Å². The molecule has 0 aliphatic rings. The molecule has 1 amide bonds. The lowest BCUT2D eigenvalue weighted by atomic mass is 10.1. The van der Waals surface area contributed by atoms with Gasteiger partial charge in [-0.25, -0.2) is 5.43 Å². The molecule has 0 radical (unpaired) electrons. The van der Waals surface area contributed by atoms with Gasteiger partial charge in [-0.15, -0.1) is 11.8 Å². The second-order valence-corrected chi connectivity index (χ2v) is 8.01. The Morgan fingerprint density at radius 2 is 1.89 bits per heavy atom. The smallest absolute Gasteiger partial charge is 0.244 e. The van der Waals surface area contributed by atoms with Crippen LogP contribution in [-0.2, 0) is 11.2 Å². The molecule has 0 heterocycles. The molecular formula is C19H19Cl3N2O2S. The number of rotatable bonds is 7. The first kappa shape index (κ1) is 21.9. The normalized spacial score (nSPS) is 11.2. The molecule has 0 fully saturated rings. The number of amides is 1. The highest BCUT2D eigenvalue weighted by Crippen LogP contribution is 2.34. The molecule has 2 aromatic rings. The highest BCUT2D eigenvalue weighted by atomic mass is 35.5. The third-order valence-electron chi connectivity index (χ3n) is 3.37. The molecule has 2 aromatic carbocycles. The second-order valence-electron chi connectivity index (χ2n) is 5.91. The number of hydrogen-bond acceptors (Lipinski definition) is 4. The van der Waals surface area contributed by atoms with Gasteiger partial charge in [-0.2, -0.15) is 5.10 Å². The largest absolute Gasteiger partial charge is 0.488 e. The van der Waals surface area contributed by atoms with Gasteiger partial charge in [0.1, 0.15) is 0 Å². The van der Waals surface area contributed by atoms with Gasteiger partial charge >= 0.3 is 0 Å². The van der Waals surface area contributed by atoms with E-state index >= 15 is 0 Å². The predicted octanol–water partition coefficient (Wildman–Crippen LogP) is 5.85. The fraction of sp³-hybridized carbons (Fsp3) is 0.263. The van der Waals surface area contributed by atoms with E-state index in [0.717, 1.165) is 10.5 Å². The number of thioether (sulfide) groups is 1. The van der Waals surface area contributed by atoms with E-state index in [1.54, 1.807) is 36.0 Å². The fourth-order valence-corrected chi connectivity index (χ4v) is 3.66. The first-order chi connectivity index (χ1) is 12.8. The number of nitrogens with zero attached hydrogens (tertiary/aromatic N) is 1. The lowest BCUT2D eigenvalue weighted by molar-refractivity contribution is -0.120. The third kappa shape index (κ3) is 6.61. The molecule has 0 unspecified atom stereocenters. The molecule has 144 valence electrons. The van der Waals surface area contributed by atoms with Gasteiger partial charge in [-0.1, -0.05) is 34.8 Å². The molecule has 0 aliphatic carbocycles. The van der Waals surface area contributed by atoms with Crippen LogP contribution < -0.4 is 10.2 Å². The number of nitrogens with one attached hydrogen (secondary N) is 1. The zero-order valence-corrected chi connectivity index (χ0v) is 18.1. The molecule has 0 spiro atoms. The average molecular weight is 446 g/mol. The van der Waals surface area contributed by atoms with Crippen LogP contribution in [0.3, 0.4) is 0 Å². The van der Waals surface area contributed by atoms with Crippen molar-refractivity contribution in [3.63, 3.8) is 0 Å². The standard InChI is InChI=1S/C19H19Cl3N2O2S/c1-11(2)26-19-15(21)6-12(7-16(19)22)10-23-24-18(25)9-13-8-14(20)4-5-17(13)27-3/h4-8,10-11H,9H2,1-3H3,(H,24,25)/b23-10-. The van der Waals surface area contributed by atoms with Crippen molar-refractivity contribution < 1.29 is 9.53 Å². The lowest BCUT2D eigenvalue weighted by Gasteiger charge is -2.13. The van der Waals surface area contributed by atoms with Crippen LogP contribution in [0.1, 0.15) is 25.0 Å². The van der Waals surface area contributed by atoms with Crippen molar-refractivity contribution in [3.8, 4) is 5.75 Å². The molecule has 0 atom stereocenters. The van der Waals surface area contributed by atoms with E-state index in [2.05, 4.69) is 10.5 Å². The van der Waals surface area contributed by atoms with Crippen molar-refractivity contribution in [2.75, 3.05) is 6.26 Å². The fourth-order valence-electron chi connectivity index (χ4n) is 2.28. The SMILES string of the molecule is CSc1ccc(Cl)cc1CC(=O)N/N=C\c1cc(Cl)c(OC(C)C)c(Cl)c1. The maximum atomic E-state index is 12.1. The Balaban J connectivity index is 2.03. The van der Waals surface area contributed by atoms with Crippen LogP contribution in [0.2, 0.25) is 15.1 Å². The van der Waals surface area contributed by atoms with Gasteiger partial charge in [0.25, 0.3) is 0 Å². The summed E-state index contributed by atoms with van der Waals surface area (Å²) >= 11 is 20.0. The van der Waals surface area contributed by atoms with Crippen LogP contribution in [0.4, 0.5) is 0 Å². The highest BCUT2D eigenvalue weighted by Gasteiger charge is 2.11. The summed E-state index contributed by atoms with van der Waals surface area (Å²) in [6.45, 7) is 3.78. The Bertz CT molecular complexity index is 834. The van der Waals surface area contributed by atoms with Crippen LogP contribution >= 0.6 is 46.6 Å². The molecule has 27 heavy (non-hydrogen) atoms. The lowest BCUT2D eigenvalue weighted by Crippen LogP contribution is -2.20. The Morgan fingerprint density at radius 3 is 2.48 bits per heavy atom. The average Bonchev–Trinajstić information content (AvgIpc) is 2.58. The van der Waals surface area contributed by atoms with Crippen molar-refractivity contribution in [2.45, 2.75) is 31.3 Å². The minimum atomic E-state index is -0.249. The molecule has 0 saturated carbocycles. The Kier molecular flexibility index (Phi) is 8.29. The zero-order valence-electron chi connectivity index (χ0n) is 15.1.